The Kier molecular flexibility index (Phi) is 4.02. The Balaban J connectivity index is 1.94. The molecule has 0 aliphatic carbocycles. The molecule has 0 saturated heterocycles. The van der Waals surface area contributed by atoms with Gasteiger partial charge in [0.25, 0.3) is 5.91 Å². The molecule has 0 fully saturated rings. The third-order valence-electron chi connectivity index (χ3n) is 3.96. The van der Waals surface area contributed by atoms with Crippen molar-refractivity contribution in [3.63, 3.8) is 0 Å². The first-order valence-corrected chi connectivity index (χ1v) is 7.50. The first-order chi connectivity index (χ1) is 10.3. The van der Waals surface area contributed by atoms with Gasteiger partial charge in [-0.25, -0.2) is 0 Å². The molecule has 1 atom stereocenters. The maximum atomic E-state index is 12.7. The molecule has 2 aromatic rings. The molecule has 0 spiro atoms. The molecule has 1 N–H and O–H groups in total. The molecule has 1 aliphatic rings. The van der Waals surface area contributed by atoms with Gasteiger partial charge in [-0.3, -0.25) is 4.79 Å². The minimum absolute atomic E-state index is 0.0815. The van der Waals surface area contributed by atoms with Crippen LogP contribution in [0.3, 0.4) is 0 Å². The molecule has 3 rings (SSSR count). The molecule has 108 valence electrons. The van der Waals surface area contributed by atoms with Crippen molar-refractivity contribution in [2.45, 2.75) is 19.4 Å². The lowest BCUT2D eigenvalue weighted by atomic mass is 9.95. The molecule has 1 unspecified atom stereocenters. The highest BCUT2D eigenvalue weighted by molar-refractivity contribution is 6.06. The Labute approximate surface area is 125 Å². The fourth-order valence-electron chi connectivity index (χ4n) is 2.97. The molecular formula is C18H20N2O. The summed E-state index contributed by atoms with van der Waals surface area (Å²) in [5.74, 6) is 0.0815. The maximum Gasteiger partial charge on any atom is 0.258 e. The lowest BCUT2D eigenvalue weighted by Gasteiger charge is -2.34. The van der Waals surface area contributed by atoms with Crippen molar-refractivity contribution in [2.24, 2.45) is 0 Å². The van der Waals surface area contributed by atoms with Gasteiger partial charge in [-0.05, 0) is 36.7 Å². The molecule has 21 heavy (non-hydrogen) atoms. The molecule has 3 nitrogen and oxygen atoms in total. The number of anilines is 1. The number of hydrogen-bond acceptors (Lipinski definition) is 2. The fourth-order valence-corrected chi connectivity index (χ4v) is 2.97. The van der Waals surface area contributed by atoms with Crippen molar-refractivity contribution in [1.82, 2.24) is 5.32 Å². The van der Waals surface area contributed by atoms with Crippen molar-refractivity contribution in [3.8, 4) is 0 Å². The van der Waals surface area contributed by atoms with Crippen LogP contribution in [0.1, 0.15) is 35.3 Å². The normalized spacial score (nSPS) is 17.4. The standard InChI is InChI=1S/C18H20N2O/c1-2-19-16-12-13-20(17-11-7-6-10-15(16)17)18(21)14-8-4-3-5-9-14/h3-11,16,19H,2,12-13H2,1H3. The average Bonchev–Trinajstić information content (AvgIpc) is 2.56. The van der Waals surface area contributed by atoms with Crippen molar-refractivity contribution in [3.05, 3.63) is 65.7 Å². The van der Waals surface area contributed by atoms with Gasteiger partial charge in [0.05, 0.1) is 0 Å². The van der Waals surface area contributed by atoms with E-state index in [9.17, 15) is 4.79 Å². The van der Waals surface area contributed by atoms with E-state index in [0.717, 1.165) is 30.8 Å². The summed E-state index contributed by atoms with van der Waals surface area (Å²) < 4.78 is 0. The molecule has 2 aromatic carbocycles. The van der Waals surface area contributed by atoms with E-state index in [0.29, 0.717) is 6.04 Å². The summed E-state index contributed by atoms with van der Waals surface area (Å²) in [6.07, 6.45) is 0.948. The number of para-hydroxylation sites is 1. The van der Waals surface area contributed by atoms with Gasteiger partial charge in [0.1, 0.15) is 0 Å². The minimum atomic E-state index is 0.0815. The molecule has 0 radical (unpaired) electrons. The SMILES string of the molecule is CCNC1CCN(C(=O)c2ccccc2)c2ccccc21. The van der Waals surface area contributed by atoms with Crippen LogP contribution in [0.2, 0.25) is 0 Å². The zero-order chi connectivity index (χ0) is 14.7. The summed E-state index contributed by atoms with van der Waals surface area (Å²) in [5, 5.41) is 3.50. The number of carbonyl (C=O) groups is 1. The second-order valence-corrected chi connectivity index (χ2v) is 5.28. The summed E-state index contributed by atoms with van der Waals surface area (Å²) in [6.45, 7) is 3.80. The third-order valence-corrected chi connectivity index (χ3v) is 3.96. The minimum Gasteiger partial charge on any atom is -0.310 e. The molecule has 0 bridgehead atoms. The van der Waals surface area contributed by atoms with Gasteiger partial charge >= 0.3 is 0 Å². The van der Waals surface area contributed by atoms with Gasteiger partial charge in [0.15, 0.2) is 0 Å². The van der Waals surface area contributed by atoms with Gasteiger partial charge in [-0.1, -0.05) is 43.3 Å². The van der Waals surface area contributed by atoms with Crippen LogP contribution in [0.4, 0.5) is 5.69 Å². The van der Waals surface area contributed by atoms with E-state index in [2.05, 4.69) is 18.3 Å². The molecule has 1 heterocycles. The number of benzene rings is 2. The second kappa shape index (κ2) is 6.10. The summed E-state index contributed by atoms with van der Waals surface area (Å²) in [5.41, 5.74) is 2.99. The Morgan fingerprint density at radius 1 is 1.14 bits per heavy atom. The number of nitrogens with zero attached hydrogens (tertiary/aromatic N) is 1. The summed E-state index contributed by atoms with van der Waals surface area (Å²) in [4.78, 5) is 14.6. The van der Waals surface area contributed by atoms with E-state index in [4.69, 9.17) is 0 Å². The zero-order valence-electron chi connectivity index (χ0n) is 12.3. The van der Waals surface area contributed by atoms with E-state index in [1.165, 1.54) is 5.56 Å². The molecule has 1 aliphatic heterocycles. The first kappa shape index (κ1) is 13.8. The lowest BCUT2D eigenvalue weighted by Crippen LogP contribution is -2.39. The Morgan fingerprint density at radius 3 is 2.62 bits per heavy atom. The van der Waals surface area contributed by atoms with E-state index in [-0.39, 0.29) is 5.91 Å². The van der Waals surface area contributed by atoms with E-state index < -0.39 is 0 Å². The topological polar surface area (TPSA) is 32.3 Å². The maximum absolute atomic E-state index is 12.7. The van der Waals surface area contributed by atoms with Gasteiger partial charge < -0.3 is 10.2 Å². The number of fused-ring (bicyclic) bond motifs is 1. The van der Waals surface area contributed by atoms with Crippen molar-refractivity contribution in [2.75, 3.05) is 18.0 Å². The van der Waals surface area contributed by atoms with Crippen LogP contribution in [-0.2, 0) is 0 Å². The Morgan fingerprint density at radius 2 is 1.86 bits per heavy atom. The monoisotopic (exact) mass is 280 g/mol. The number of carbonyl (C=O) groups excluding carboxylic acids is 1. The van der Waals surface area contributed by atoms with Crippen LogP contribution in [0.5, 0.6) is 0 Å². The van der Waals surface area contributed by atoms with Crippen molar-refractivity contribution in [1.29, 1.82) is 0 Å². The van der Waals surface area contributed by atoms with E-state index in [1.54, 1.807) is 0 Å². The quantitative estimate of drug-likeness (QED) is 0.934. The zero-order valence-corrected chi connectivity index (χ0v) is 12.3. The highest BCUT2D eigenvalue weighted by Crippen LogP contribution is 2.34. The van der Waals surface area contributed by atoms with Crippen LogP contribution in [0.15, 0.2) is 54.6 Å². The predicted molar refractivity (Wildman–Crippen MR) is 85.6 cm³/mol. The molecule has 0 aromatic heterocycles. The van der Waals surface area contributed by atoms with Crippen molar-refractivity contribution >= 4 is 11.6 Å². The first-order valence-electron chi connectivity index (χ1n) is 7.50. The highest BCUT2D eigenvalue weighted by atomic mass is 16.2. The summed E-state index contributed by atoms with van der Waals surface area (Å²) in [7, 11) is 0. The van der Waals surface area contributed by atoms with Crippen molar-refractivity contribution < 1.29 is 4.79 Å². The molecule has 0 saturated carbocycles. The van der Waals surface area contributed by atoms with Crippen LogP contribution in [0, 0.1) is 0 Å². The highest BCUT2D eigenvalue weighted by Gasteiger charge is 2.28. The fraction of sp³-hybridized carbons (Fsp3) is 0.278. The van der Waals surface area contributed by atoms with Gasteiger partial charge in [0.2, 0.25) is 0 Å². The number of nitrogens with one attached hydrogen (secondary N) is 1. The molecular weight excluding hydrogens is 260 g/mol. The smallest absolute Gasteiger partial charge is 0.258 e. The van der Waals surface area contributed by atoms with E-state index in [1.807, 2.05) is 53.4 Å². The average molecular weight is 280 g/mol. The summed E-state index contributed by atoms with van der Waals surface area (Å²) >= 11 is 0. The van der Waals surface area contributed by atoms with Gasteiger partial charge in [-0.2, -0.15) is 0 Å². The number of rotatable bonds is 3. The largest absolute Gasteiger partial charge is 0.310 e. The molecule has 1 amide bonds. The Bertz CT molecular complexity index is 624. The third kappa shape index (κ3) is 2.69. The second-order valence-electron chi connectivity index (χ2n) is 5.28. The van der Waals surface area contributed by atoms with Crippen LogP contribution in [-0.4, -0.2) is 19.0 Å². The van der Waals surface area contributed by atoms with Crippen LogP contribution < -0.4 is 10.2 Å². The Hall–Kier alpha value is -2.13. The van der Waals surface area contributed by atoms with Crippen LogP contribution >= 0.6 is 0 Å². The summed E-state index contributed by atoms with van der Waals surface area (Å²) in [6, 6.07) is 18.0. The van der Waals surface area contributed by atoms with Gasteiger partial charge in [0, 0.05) is 23.8 Å². The van der Waals surface area contributed by atoms with Crippen LogP contribution in [0.25, 0.3) is 0 Å². The number of hydrogen-bond donors (Lipinski definition) is 1. The lowest BCUT2D eigenvalue weighted by molar-refractivity contribution is 0.0983. The molecule has 3 heteroatoms. The van der Waals surface area contributed by atoms with Gasteiger partial charge in [-0.15, -0.1) is 0 Å². The van der Waals surface area contributed by atoms with E-state index >= 15 is 0 Å². The number of amides is 1. The predicted octanol–water partition coefficient (Wildman–Crippen LogP) is 3.39.